The van der Waals surface area contributed by atoms with Crippen LogP contribution in [0, 0.1) is 6.92 Å². The molecule has 3 aromatic rings. The first-order valence-corrected chi connectivity index (χ1v) is 13.1. The average Bonchev–Trinajstić information content (AvgIpc) is 2.84. The number of aromatic nitrogens is 1. The number of aryl methyl sites for hydroxylation is 1. The third-order valence-electron chi connectivity index (χ3n) is 6.24. The average molecular weight is 495 g/mol. The van der Waals surface area contributed by atoms with Gasteiger partial charge in [-0.25, -0.2) is 8.42 Å². The molecule has 1 saturated heterocycles. The number of amides is 1. The summed E-state index contributed by atoms with van der Waals surface area (Å²) >= 11 is 0. The molecule has 0 aliphatic carbocycles. The number of carbonyl (C=O) groups excluding carboxylic acids is 2. The van der Waals surface area contributed by atoms with Crippen LogP contribution in [0.15, 0.2) is 65.7 Å². The van der Waals surface area contributed by atoms with Gasteiger partial charge in [0.2, 0.25) is 15.9 Å². The Morgan fingerprint density at radius 1 is 1.03 bits per heavy atom. The van der Waals surface area contributed by atoms with Gasteiger partial charge in [0.1, 0.15) is 4.90 Å². The number of sulfonamides is 1. The fourth-order valence-electron chi connectivity index (χ4n) is 4.31. The van der Waals surface area contributed by atoms with E-state index in [1.54, 1.807) is 18.3 Å². The molecule has 1 amide bonds. The maximum Gasteiger partial charge on any atom is 0.245 e. The molecule has 1 aromatic heterocycles. The number of para-hydroxylation sites is 1. The van der Waals surface area contributed by atoms with Gasteiger partial charge < -0.3 is 5.32 Å². The number of rotatable bonds is 8. The lowest BCUT2D eigenvalue weighted by atomic mass is 10.0. The first kappa shape index (κ1) is 25.0. The molecule has 1 fully saturated rings. The van der Waals surface area contributed by atoms with Crippen molar-refractivity contribution in [3.63, 3.8) is 0 Å². The molecule has 184 valence electrons. The number of benzene rings is 2. The lowest BCUT2D eigenvalue weighted by Crippen LogP contribution is -2.52. The second kappa shape index (κ2) is 10.6. The highest BCUT2D eigenvalue weighted by molar-refractivity contribution is 7.89. The molecule has 0 radical (unpaired) electrons. The van der Waals surface area contributed by atoms with Gasteiger partial charge in [-0.05, 0) is 43.5 Å². The van der Waals surface area contributed by atoms with Crippen molar-refractivity contribution in [2.45, 2.75) is 31.2 Å². The molecule has 8 nitrogen and oxygen atoms in total. The van der Waals surface area contributed by atoms with Crippen LogP contribution in [-0.2, 0) is 26.0 Å². The highest BCUT2D eigenvalue weighted by atomic mass is 32.2. The molecule has 0 bridgehead atoms. The number of pyridine rings is 1. The number of fused-ring (bicyclic) bond motifs is 1. The zero-order chi connectivity index (χ0) is 25.0. The molecule has 1 unspecified atom stereocenters. The van der Waals surface area contributed by atoms with Crippen LogP contribution in [0.5, 0.6) is 0 Å². The summed E-state index contributed by atoms with van der Waals surface area (Å²) in [5.41, 5.74) is 2.41. The number of hydrogen-bond donors (Lipinski definition) is 1. The highest BCUT2D eigenvalue weighted by Crippen LogP contribution is 2.25. The summed E-state index contributed by atoms with van der Waals surface area (Å²) in [5.74, 6) is -0.344. The minimum Gasteiger partial charge on any atom is -0.345 e. The topological polar surface area (TPSA) is 99.7 Å². The van der Waals surface area contributed by atoms with E-state index in [0.29, 0.717) is 25.0 Å². The van der Waals surface area contributed by atoms with Crippen molar-refractivity contribution in [1.29, 1.82) is 0 Å². The molecule has 2 heterocycles. The summed E-state index contributed by atoms with van der Waals surface area (Å²) in [7, 11) is -3.72. The molecule has 4 rings (SSSR count). The van der Waals surface area contributed by atoms with Crippen molar-refractivity contribution in [3.8, 4) is 0 Å². The van der Waals surface area contributed by atoms with E-state index in [-0.39, 0.29) is 36.2 Å². The molecule has 1 atom stereocenters. The quantitative estimate of drug-likeness (QED) is 0.515. The van der Waals surface area contributed by atoms with Crippen molar-refractivity contribution in [1.82, 2.24) is 19.5 Å². The van der Waals surface area contributed by atoms with Crippen molar-refractivity contribution in [3.05, 3.63) is 71.9 Å². The number of nitrogens with zero attached hydrogens (tertiary/aromatic N) is 3. The molecule has 2 aromatic carbocycles. The molecule has 0 saturated carbocycles. The van der Waals surface area contributed by atoms with E-state index in [4.69, 9.17) is 0 Å². The summed E-state index contributed by atoms with van der Waals surface area (Å²) in [6.07, 6.45) is 2.11. The van der Waals surface area contributed by atoms with Crippen LogP contribution < -0.4 is 5.32 Å². The second-order valence-electron chi connectivity index (χ2n) is 8.94. The Balaban J connectivity index is 1.36. The van der Waals surface area contributed by atoms with E-state index < -0.39 is 16.1 Å². The molecule has 1 aliphatic heterocycles. The van der Waals surface area contributed by atoms with Gasteiger partial charge in [0.25, 0.3) is 0 Å². The molecule has 35 heavy (non-hydrogen) atoms. The first-order valence-electron chi connectivity index (χ1n) is 11.7. The highest BCUT2D eigenvalue weighted by Gasteiger charge is 2.31. The number of nitrogens with one attached hydrogen (secondary N) is 1. The fourth-order valence-corrected chi connectivity index (χ4v) is 5.89. The summed E-state index contributed by atoms with van der Waals surface area (Å²) in [5, 5.41) is 3.62. The maximum atomic E-state index is 13.4. The van der Waals surface area contributed by atoms with Gasteiger partial charge in [-0.15, -0.1) is 0 Å². The fraction of sp³-hybridized carbons (Fsp3) is 0.346. The SMILES string of the molecule is CC(=O)C(Cc1ccccc1)NC(=O)CN1CCN(S(=O)(=O)c2cccc3cc(C)cnc23)CC1. The number of ketones is 1. The zero-order valence-electron chi connectivity index (χ0n) is 20.0. The minimum atomic E-state index is -3.72. The number of carbonyl (C=O) groups is 2. The Morgan fingerprint density at radius 3 is 2.43 bits per heavy atom. The van der Waals surface area contributed by atoms with Gasteiger partial charge in [0.05, 0.1) is 18.1 Å². The molecule has 0 spiro atoms. The van der Waals surface area contributed by atoms with E-state index in [1.807, 2.05) is 54.3 Å². The van der Waals surface area contributed by atoms with Crippen molar-refractivity contribution in [2.75, 3.05) is 32.7 Å². The number of Topliss-reactive ketones (excluding diaryl/α,β-unsaturated/α-hetero) is 1. The van der Waals surface area contributed by atoms with E-state index in [9.17, 15) is 18.0 Å². The van der Waals surface area contributed by atoms with Gasteiger partial charge in [-0.3, -0.25) is 19.5 Å². The van der Waals surface area contributed by atoms with Crippen LogP contribution in [0.4, 0.5) is 0 Å². The molecular formula is C26H30N4O4S. The van der Waals surface area contributed by atoms with Crippen LogP contribution >= 0.6 is 0 Å². The minimum absolute atomic E-state index is 0.1000. The largest absolute Gasteiger partial charge is 0.345 e. The third kappa shape index (κ3) is 5.93. The van der Waals surface area contributed by atoms with E-state index in [2.05, 4.69) is 10.3 Å². The van der Waals surface area contributed by atoms with Crippen molar-refractivity contribution < 1.29 is 18.0 Å². The Morgan fingerprint density at radius 2 is 1.74 bits per heavy atom. The van der Waals surface area contributed by atoms with Crippen LogP contribution in [-0.4, -0.2) is 73.1 Å². The Labute approximate surface area is 206 Å². The number of hydrogen-bond acceptors (Lipinski definition) is 6. The van der Waals surface area contributed by atoms with Gasteiger partial charge in [0.15, 0.2) is 5.78 Å². The Hall–Kier alpha value is -3.14. The van der Waals surface area contributed by atoms with Gasteiger partial charge >= 0.3 is 0 Å². The van der Waals surface area contributed by atoms with Crippen LogP contribution in [0.1, 0.15) is 18.1 Å². The monoisotopic (exact) mass is 494 g/mol. The Bertz CT molecular complexity index is 1320. The molecule has 9 heteroatoms. The van der Waals surface area contributed by atoms with E-state index >= 15 is 0 Å². The number of piperazine rings is 1. The summed E-state index contributed by atoms with van der Waals surface area (Å²) in [4.78, 5) is 31.2. The van der Waals surface area contributed by atoms with E-state index in [1.165, 1.54) is 11.2 Å². The molecular weight excluding hydrogens is 464 g/mol. The predicted molar refractivity (Wildman–Crippen MR) is 134 cm³/mol. The lowest BCUT2D eigenvalue weighted by molar-refractivity contribution is -0.127. The van der Waals surface area contributed by atoms with Crippen molar-refractivity contribution in [2.24, 2.45) is 0 Å². The standard InChI is InChI=1S/C26H30N4O4S/c1-19-15-22-9-6-10-24(26(22)27-17-19)35(33,34)30-13-11-29(12-14-30)18-25(32)28-23(20(2)31)16-21-7-4-3-5-8-21/h3-10,15,17,23H,11-14,16,18H2,1-2H3,(H,28,32). The van der Waals surface area contributed by atoms with Crippen molar-refractivity contribution >= 4 is 32.6 Å². The smallest absolute Gasteiger partial charge is 0.245 e. The molecule has 1 N–H and O–H groups in total. The van der Waals surface area contributed by atoms with Gasteiger partial charge in [-0.1, -0.05) is 42.5 Å². The van der Waals surface area contributed by atoms with Gasteiger partial charge in [0, 0.05) is 37.8 Å². The zero-order valence-corrected chi connectivity index (χ0v) is 20.8. The molecule has 1 aliphatic rings. The summed E-state index contributed by atoms with van der Waals surface area (Å²) in [6.45, 7) is 4.91. The van der Waals surface area contributed by atoms with Gasteiger partial charge in [-0.2, -0.15) is 4.31 Å². The van der Waals surface area contributed by atoms with Crippen LogP contribution in [0.3, 0.4) is 0 Å². The first-order chi connectivity index (χ1) is 16.7. The second-order valence-corrected chi connectivity index (χ2v) is 10.8. The predicted octanol–water partition coefficient (Wildman–Crippen LogP) is 2.17. The van der Waals surface area contributed by atoms with Crippen LogP contribution in [0.25, 0.3) is 10.9 Å². The van der Waals surface area contributed by atoms with Crippen LogP contribution in [0.2, 0.25) is 0 Å². The summed E-state index contributed by atoms with van der Waals surface area (Å²) in [6, 6.07) is 16.1. The maximum absolute atomic E-state index is 13.4. The van der Waals surface area contributed by atoms with E-state index in [0.717, 1.165) is 16.5 Å². The lowest BCUT2D eigenvalue weighted by Gasteiger charge is -2.33. The normalized spacial score (nSPS) is 16.2. The summed E-state index contributed by atoms with van der Waals surface area (Å²) < 4.78 is 28.2. The Kier molecular flexibility index (Phi) is 7.59. The third-order valence-corrected chi connectivity index (χ3v) is 8.17.